The molecule has 1 atom stereocenters. The monoisotopic (exact) mass is 176 g/mol. The average molecular weight is 176 g/mol. The van der Waals surface area contributed by atoms with Crippen molar-refractivity contribution in [2.75, 3.05) is 11.5 Å². The van der Waals surface area contributed by atoms with Crippen LogP contribution in [-0.2, 0) is 15.6 Å². The van der Waals surface area contributed by atoms with Crippen molar-refractivity contribution in [2.24, 2.45) is 0 Å². The number of carbonyl (C=O) groups is 1. The third-order valence-electron chi connectivity index (χ3n) is 1.33. The minimum Gasteiger partial charge on any atom is -0.300 e. The molecule has 0 aromatic heterocycles. The summed E-state index contributed by atoms with van der Waals surface area (Å²) >= 11 is 0. The number of hydrogen-bond acceptors (Lipinski definition) is 2. The summed E-state index contributed by atoms with van der Waals surface area (Å²) in [5.74, 6) is 1.66. The van der Waals surface area contributed by atoms with Crippen molar-refractivity contribution in [1.82, 2.24) is 0 Å². The Morgan fingerprint density at radius 3 is 2.45 bits per heavy atom. The Hall–Kier alpha value is -0.180. The number of ketones is 1. The van der Waals surface area contributed by atoms with Crippen LogP contribution in [0.5, 0.6) is 0 Å². The van der Waals surface area contributed by atoms with Crippen LogP contribution in [0.1, 0.15) is 33.1 Å². The van der Waals surface area contributed by atoms with Gasteiger partial charge in [0.25, 0.3) is 0 Å². The Bertz CT molecular complexity index is 143. The van der Waals surface area contributed by atoms with Crippen LogP contribution in [0.4, 0.5) is 0 Å². The van der Waals surface area contributed by atoms with Gasteiger partial charge >= 0.3 is 0 Å². The van der Waals surface area contributed by atoms with Crippen LogP contribution < -0.4 is 0 Å². The quantitative estimate of drug-likeness (QED) is 0.615. The normalized spacial score (nSPS) is 12.9. The number of hydrogen-bond donors (Lipinski definition) is 0. The molecule has 0 spiro atoms. The fourth-order valence-electron chi connectivity index (χ4n) is 0.812. The molecular weight excluding hydrogens is 160 g/mol. The SMILES string of the molecule is CCCS(=O)CCCC(C)=O. The first-order chi connectivity index (χ1) is 5.16. The standard InChI is InChI=1S/C8H16O2S/c1-3-6-11(10)7-4-5-8(2)9/h3-7H2,1-2H3. The molecule has 2 nitrogen and oxygen atoms in total. The molecular formula is C8H16O2S. The van der Waals surface area contributed by atoms with Crippen molar-refractivity contribution in [3.8, 4) is 0 Å². The lowest BCUT2D eigenvalue weighted by Crippen LogP contribution is -2.03. The van der Waals surface area contributed by atoms with Crippen molar-refractivity contribution in [3.63, 3.8) is 0 Å². The third kappa shape index (κ3) is 7.72. The highest BCUT2D eigenvalue weighted by atomic mass is 32.2. The zero-order chi connectivity index (χ0) is 8.69. The zero-order valence-electron chi connectivity index (χ0n) is 7.26. The Morgan fingerprint density at radius 2 is 2.00 bits per heavy atom. The molecule has 0 saturated heterocycles. The van der Waals surface area contributed by atoms with Gasteiger partial charge < -0.3 is 4.79 Å². The van der Waals surface area contributed by atoms with Crippen LogP contribution in [0.25, 0.3) is 0 Å². The lowest BCUT2D eigenvalue weighted by atomic mass is 10.3. The van der Waals surface area contributed by atoms with E-state index in [1.54, 1.807) is 6.92 Å². The maximum Gasteiger partial charge on any atom is 0.129 e. The van der Waals surface area contributed by atoms with E-state index in [2.05, 4.69) is 0 Å². The van der Waals surface area contributed by atoms with Gasteiger partial charge in [-0.15, -0.1) is 0 Å². The molecule has 0 fully saturated rings. The minimum absolute atomic E-state index is 0.193. The second-order valence-corrected chi connectivity index (χ2v) is 4.35. The maximum atomic E-state index is 11.0. The van der Waals surface area contributed by atoms with E-state index in [0.29, 0.717) is 12.2 Å². The summed E-state index contributed by atoms with van der Waals surface area (Å²) < 4.78 is 11.0. The van der Waals surface area contributed by atoms with Crippen LogP contribution >= 0.6 is 0 Å². The first-order valence-corrected chi connectivity index (χ1v) is 5.50. The van der Waals surface area contributed by atoms with E-state index in [-0.39, 0.29) is 5.78 Å². The summed E-state index contributed by atoms with van der Waals surface area (Å²) in [7, 11) is -0.689. The molecule has 0 rings (SSSR count). The fraction of sp³-hybridized carbons (Fsp3) is 0.875. The first kappa shape index (κ1) is 10.8. The third-order valence-corrected chi connectivity index (χ3v) is 2.94. The predicted molar refractivity (Wildman–Crippen MR) is 48.1 cm³/mol. The van der Waals surface area contributed by atoms with Crippen LogP contribution in [0.3, 0.4) is 0 Å². The highest BCUT2D eigenvalue weighted by Crippen LogP contribution is 1.95. The highest BCUT2D eigenvalue weighted by Gasteiger charge is 1.98. The molecule has 66 valence electrons. The van der Waals surface area contributed by atoms with Crippen LogP contribution in [-0.4, -0.2) is 21.5 Å². The van der Waals surface area contributed by atoms with E-state index in [1.807, 2.05) is 6.92 Å². The van der Waals surface area contributed by atoms with Gasteiger partial charge in [0.05, 0.1) is 0 Å². The summed E-state index contributed by atoms with van der Waals surface area (Å²) in [6.07, 6.45) is 2.32. The molecule has 0 aliphatic heterocycles. The lowest BCUT2D eigenvalue weighted by Gasteiger charge is -1.97. The molecule has 1 unspecified atom stereocenters. The van der Waals surface area contributed by atoms with Crippen molar-refractivity contribution < 1.29 is 9.00 Å². The van der Waals surface area contributed by atoms with Crippen molar-refractivity contribution in [2.45, 2.75) is 33.1 Å². The number of Topliss-reactive ketones (excluding diaryl/α,β-unsaturated/α-hetero) is 1. The maximum absolute atomic E-state index is 11.0. The van der Waals surface area contributed by atoms with E-state index in [1.165, 1.54) is 0 Å². The molecule has 11 heavy (non-hydrogen) atoms. The second-order valence-electron chi connectivity index (χ2n) is 2.65. The molecule has 0 bridgehead atoms. The van der Waals surface area contributed by atoms with Crippen LogP contribution in [0.2, 0.25) is 0 Å². The Morgan fingerprint density at radius 1 is 1.36 bits per heavy atom. The van der Waals surface area contributed by atoms with Crippen LogP contribution in [0.15, 0.2) is 0 Å². The molecule has 3 heteroatoms. The largest absolute Gasteiger partial charge is 0.300 e. The summed E-state index contributed by atoms with van der Waals surface area (Å²) in [6.45, 7) is 3.59. The Balaban J connectivity index is 3.24. The van der Waals surface area contributed by atoms with E-state index in [0.717, 1.165) is 18.6 Å². The molecule has 0 N–H and O–H groups in total. The Kier molecular flexibility index (Phi) is 6.42. The molecule has 0 aromatic rings. The summed E-state index contributed by atoms with van der Waals surface area (Å²) in [5.41, 5.74) is 0. The lowest BCUT2D eigenvalue weighted by molar-refractivity contribution is -0.117. The van der Waals surface area contributed by atoms with E-state index >= 15 is 0 Å². The molecule has 0 aromatic carbocycles. The predicted octanol–water partition coefficient (Wildman–Crippen LogP) is 1.51. The van der Waals surface area contributed by atoms with Gasteiger partial charge in [-0.1, -0.05) is 6.92 Å². The van der Waals surface area contributed by atoms with Crippen molar-refractivity contribution in [3.05, 3.63) is 0 Å². The average Bonchev–Trinajstić information content (AvgIpc) is 1.87. The molecule has 0 aliphatic rings. The summed E-state index contributed by atoms with van der Waals surface area (Å²) in [6, 6.07) is 0. The van der Waals surface area contributed by atoms with E-state index in [4.69, 9.17) is 0 Å². The van der Waals surface area contributed by atoms with E-state index < -0.39 is 10.8 Å². The molecule has 0 amide bonds. The van der Waals surface area contributed by atoms with Gasteiger partial charge in [-0.25, -0.2) is 0 Å². The topological polar surface area (TPSA) is 34.1 Å². The van der Waals surface area contributed by atoms with Gasteiger partial charge in [-0.2, -0.15) is 0 Å². The smallest absolute Gasteiger partial charge is 0.129 e. The second kappa shape index (κ2) is 6.53. The molecule has 0 saturated carbocycles. The van der Waals surface area contributed by atoms with E-state index in [9.17, 15) is 9.00 Å². The molecule has 0 aliphatic carbocycles. The van der Waals surface area contributed by atoms with Gasteiger partial charge in [0, 0.05) is 28.7 Å². The Labute approximate surface area is 70.8 Å². The summed E-state index contributed by atoms with van der Waals surface area (Å²) in [4.78, 5) is 10.5. The van der Waals surface area contributed by atoms with Gasteiger partial charge in [-0.3, -0.25) is 4.21 Å². The highest BCUT2D eigenvalue weighted by molar-refractivity contribution is 7.84. The first-order valence-electron chi connectivity index (χ1n) is 4.01. The fourth-order valence-corrected chi connectivity index (χ4v) is 1.94. The minimum atomic E-state index is -0.689. The zero-order valence-corrected chi connectivity index (χ0v) is 8.08. The molecule has 0 heterocycles. The summed E-state index contributed by atoms with van der Waals surface area (Å²) in [5, 5.41) is 0. The van der Waals surface area contributed by atoms with Crippen LogP contribution in [0, 0.1) is 0 Å². The number of carbonyl (C=O) groups excluding carboxylic acids is 1. The van der Waals surface area contributed by atoms with Gasteiger partial charge in [0.2, 0.25) is 0 Å². The van der Waals surface area contributed by atoms with Crippen molar-refractivity contribution in [1.29, 1.82) is 0 Å². The number of rotatable bonds is 6. The molecule has 0 radical (unpaired) electrons. The van der Waals surface area contributed by atoms with Gasteiger partial charge in [0.1, 0.15) is 5.78 Å². The van der Waals surface area contributed by atoms with Gasteiger partial charge in [0.15, 0.2) is 0 Å². The van der Waals surface area contributed by atoms with Gasteiger partial charge in [-0.05, 0) is 19.8 Å². The van der Waals surface area contributed by atoms with Crippen molar-refractivity contribution >= 4 is 16.6 Å².